The number of hydrogen-bond donors (Lipinski definition) is 2. The van der Waals surface area contributed by atoms with Crippen molar-refractivity contribution in [2.24, 2.45) is 10.2 Å². The van der Waals surface area contributed by atoms with Gasteiger partial charge in [-0.2, -0.15) is 0 Å². The number of aromatic hydroxyl groups is 1. The number of ether oxygens (including phenoxy) is 1. The molecule has 1 heterocycles. The number of azo groups is 1. The average molecular weight is 481 g/mol. The maximum Gasteiger partial charge on any atom is 0.285 e. The summed E-state index contributed by atoms with van der Waals surface area (Å²) in [6, 6.07) is 11.4. The number of aromatic amines is 1. The van der Waals surface area contributed by atoms with Gasteiger partial charge < -0.3 is 14.8 Å². The van der Waals surface area contributed by atoms with Gasteiger partial charge >= 0.3 is 0 Å². The molecule has 0 bridgehead atoms. The van der Waals surface area contributed by atoms with Crippen LogP contribution in [0.5, 0.6) is 11.6 Å². The molecule has 2 N–H and O–H groups in total. The number of benzene rings is 2. The van der Waals surface area contributed by atoms with Crippen LogP contribution in [0.4, 0.5) is 11.4 Å². The van der Waals surface area contributed by atoms with Crippen LogP contribution in [0.2, 0.25) is 0 Å². The maximum atomic E-state index is 12.3. The van der Waals surface area contributed by atoms with Gasteiger partial charge in [-0.3, -0.25) is 9.10 Å². The molecule has 1 amide bonds. The predicted molar refractivity (Wildman–Crippen MR) is 112 cm³/mol. The number of halogens is 1. The van der Waals surface area contributed by atoms with E-state index in [1.807, 2.05) is 0 Å². The van der Waals surface area contributed by atoms with Gasteiger partial charge in [-0.15, -0.1) is 10.2 Å². The zero-order valence-corrected chi connectivity index (χ0v) is 17.9. The highest BCUT2D eigenvalue weighted by molar-refractivity contribution is 9.10. The number of amides is 1. The molecule has 0 saturated heterocycles. The van der Waals surface area contributed by atoms with Crippen LogP contribution in [-0.4, -0.2) is 44.3 Å². The highest BCUT2D eigenvalue weighted by atomic mass is 79.9. The van der Waals surface area contributed by atoms with Crippen molar-refractivity contribution in [1.82, 2.24) is 4.98 Å². The van der Waals surface area contributed by atoms with Crippen molar-refractivity contribution in [3.05, 3.63) is 46.9 Å². The molecule has 0 aliphatic heterocycles. The van der Waals surface area contributed by atoms with Crippen molar-refractivity contribution in [2.45, 2.75) is 0 Å². The molecule has 0 saturated carbocycles. The zero-order valence-electron chi connectivity index (χ0n) is 15.5. The van der Waals surface area contributed by atoms with Crippen LogP contribution in [-0.2, 0) is 14.8 Å². The zero-order chi connectivity index (χ0) is 21.2. The second kappa shape index (κ2) is 8.21. The maximum absolute atomic E-state index is 12.3. The van der Waals surface area contributed by atoms with Crippen molar-refractivity contribution >= 4 is 54.1 Å². The van der Waals surface area contributed by atoms with E-state index in [1.165, 1.54) is 19.2 Å². The van der Waals surface area contributed by atoms with Crippen LogP contribution < -0.4 is 9.04 Å². The topological polar surface area (TPSA) is 124 Å². The van der Waals surface area contributed by atoms with Crippen molar-refractivity contribution in [3.8, 4) is 11.6 Å². The lowest BCUT2D eigenvalue weighted by Gasteiger charge is -2.20. The second-order valence-corrected chi connectivity index (χ2v) is 8.90. The van der Waals surface area contributed by atoms with E-state index in [4.69, 9.17) is 4.74 Å². The molecule has 0 fully saturated rings. The summed E-state index contributed by atoms with van der Waals surface area (Å²) in [6.45, 7) is -0.540. The molecule has 0 aliphatic rings. The Balaban J connectivity index is 1.85. The summed E-state index contributed by atoms with van der Waals surface area (Å²) in [6.07, 6.45) is 0.991. The third-order valence-corrected chi connectivity index (χ3v) is 5.65. The van der Waals surface area contributed by atoms with E-state index in [0.29, 0.717) is 16.7 Å². The van der Waals surface area contributed by atoms with E-state index < -0.39 is 22.5 Å². The highest BCUT2D eigenvalue weighted by Crippen LogP contribution is 2.36. The number of fused-ring (bicyclic) bond motifs is 1. The third kappa shape index (κ3) is 4.74. The van der Waals surface area contributed by atoms with Gasteiger partial charge in [0.05, 0.1) is 24.6 Å². The highest BCUT2D eigenvalue weighted by Gasteiger charge is 2.21. The Bertz CT molecular complexity index is 1190. The molecule has 1 aromatic heterocycles. The predicted octanol–water partition coefficient (Wildman–Crippen LogP) is 3.72. The molecule has 152 valence electrons. The summed E-state index contributed by atoms with van der Waals surface area (Å²) in [7, 11) is -2.25. The number of anilines is 1. The van der Waals surface area contributed by atoms with E-state index in [0.717, 1.165) is 15.0 Å². The van der Waals surface area contributed by atoms with Crippen LogP contribution in [0.1, 0.15) is 0 Å². The number of carbonyl (C=O) groups is 1. The molecule has 0 spiro atoms. The molecular formula is C18H17BrN4O5S. The lowest BCUT2D eigenvalue weighted by molar-refractivity contribution is -0.116. The van der Waals surface area contributed by atoms with Crippen LogP contribution in [0.3, 0.4) is 0 Å². The fourth-order valence-corrected chi connectivity index (χ4v) is 3.86. The van der Waals surface area contributed by atoms with Gasteiger partial charge in [-0.05, 0) is 42.5 Å². The Labute approximate surface area is 175 Å². The Hall–Kier alpha value is -2.92. The van der Waals surface area contributed by atoms with Crippen LogP contribution >= 0.6 is 15.9 Å². The first-order valence-electron chi connectivity index (χ1n) is 8.25. The lowest BCUT2D eigenvalue weighted by Crippen LogP contribution is -2.34. The normalized spacial score (nSPS) is 11.8. The number of nitrogens with one attached hydrogen (secondary N) is 1. The molecule has 0 radical (unpaired) electrons. The molecule has 3 rings (SSSR count). The summed E-state index contributed by atoms with van der Waals surface area (Å²) in [5.41, 5.74) is 0.990. The fraction of sp³-hybridized carbons (Fsp3) is 0.167. The molecule has 9 nitrogen and oxygen atoms in total. The number of H-pyrrole nitrogens is 1. The lowest BCUT2D eigenvalue weighted by atomic mass is 10.2. The van der Waals surface area contributed by atoms with Crippen molar-refractivity contribution in [2.75, 3.05) is 24.2 Å². The molecule has 11 heteroatoms. The third-order valence-electron chi connectivity index (χ3n) is 4.02. The van der Waals surface area contributed by atoms with Crippen molar-refractivity contribution in [1.29, 1.82) is 0 Å². The van der Waals surface area contributed by atoms with Gasteiger partial charge in [0.1, 0.15) is 12.3 Å². The minimum absolute atomic E-state index is 0.0880. The number of aromatic nitrogens is 1. The smallest absolute Gasteiger partial charge is 0.285 e. The molecule has 0 aliphatic carbocycles. The van der Waals surface area contributed by atoms with Crippen molar-refractivity contribution in [3.63, 3.8) is 0 Å². The number of methoxy groups -OCH3 is 1. The number of hydrogen-bond acceptors (Lipinski definition) is 6. The molecule has 29 heavy (non-hydrogen) atoms. The van der Waals surface area contributed by atoms with Crippen LogP contribution in [0.25, 0.3) is 10.9 Å². The first-order valence-corrected chi connectivity index (χ1v) is 10.9. The van der Waals surface area contributed by atoms with Crippen LogP contribution in [0.15, 0.2) is 57.2 Å². The molecule has 3 aromatic rings. The van der Waals surface area contributed by atoms with E-state index in [-0.39, 0.29) is 17.3 Å². The van der Waals surface area contributed by atoms with E-state index >= 15 is 0 Å². The Morgan fingerprint density at radius 2 is 1.93 bits per heavy atom. The monoisotopic (exact) mass is 480 g/mol. The van der Waals surface area contributed by atoms with Crippen LogP contribution in [0, 0.1) is 0 Å². The van der Waals surface area contributed by atoms with Gasteiger partial charge in [-0.1, -0.05) is 15.9 Å². The molecule has 2 aromatic carbocycles. The first-order chi connectivity index (χ1) is 13.7. The first kappa shape index (κ1) is 20.8. The van der Waals surface area contributed by atoms with E-state index in [2.05, 4.69) is 31.1 Å². The number of carbonyl (C=O) groups excluding carboxylic acids is 1. The fourth-order valence-electron chi connectivity index (χ4n) is 2.65. The minimum Gasteiger partial charge on any atom is -0.497 e. The van der Waals surface area contributed by atoms with Gasteiger partial charge in [0.15, 0.2) is 5.69 Å². The Morgan fingerprint density at radius 1 is 1.24 bits per heavy atom. The Morgan fingerprint density at radius 3 is 2.55 bits per heavy atom. The van der Waals surface area contributed by atoms with E-state index in [9.17, 15) is 18.3 Å². The quantitative estimate of drug-likeness (QED) is 0.520. The molecular weight excluding hydrogens is 464 g/mol. The van der Waals surface area contributed by atoms with Gasteiger partial charge in [0.25, 0.3) is 5.91 Å². The number of nitrogens with zero attached hydrogens (tertiary/aromatic N) is 3. The van der Waals surface area contributed by atoms with Gasteiger partial charge in [-0.25, -0.2) is 8.42 Å². The van der Waals surface area contributed by atoms with Gasteiger partial charge in [0, 0.05) is 9.86 Å². The van der Waals surface area contributed by atoms with Gasteiger partial charge in [0.2, 0.25) is 15.9 Å². The van der Waals surface area contributed by atoms with E-state index in [1.54, 1.807) is 30.3 Å². The summed E-state index contributed by atoms with van der Waals surface area (Å²) in [4.78, 5) is 15.0. The summed E-state index contributed by atoms with van der Waals surface area (Å²) in [5.74, 6) is -0.492. The summed E-state index contributed by atoms with van der Waals surface area (Å²) >= 11 is 3.33. The second-order valence-electron chi connectivity index (χ2n) is 6.07. The SMILES string of the molecule is COc1ccc(N(CC(=O)N=Nc2c(O)[nH]c3ccc(Br)cc23)S(C)(=O)=O)cc1. The number of rotatable bonds is 6. The summed E-state index contributed by atoms with van der Waals surface area (Å²) in [5, 5.41) is 18.0. The standard InChI is InChI=1S/C18H17BrN4O5S/c1-28-13-6-4-12(5-7-13)23(29(2,26)27)10-16(24)21-22-17-14-9-11(19)3-8-15(14)20-18(17)25/h3-9,20,25H,10H2,1-2H3. The number of sulfonamides is 1. The molecule has 0 atom stereocenters. The minimum atomic E-state index is -3.74. The van der Waals surface area contributed by atoms with Crippen molar-refractivity contribution < 1.29 is 23.1 Å². The summed E-state index contributed by atoms with van der Waals surface area (Å²) < 4.78 is 31.0. The molecule has 0 unspecified atom stereocenters. The average Bonchev–Trinajstić information content (AvgIpc) is 2.98. The Kier molecular flexibility index (Phi) is 5.89. The largest absolute Gasteiger partial charge is 0.497 e.